The summed E-state index contributed by atoms with van der Waals surface area (Å²) in [5, 5.41) is 12.7. The van der Waals surface area contributed by atoms with Crippen molar-refractivity contribution in [1.29, 1.82) is 0 Å². The second-order valence-electron chi connectivity index (χ2n) is 4.96. The van der Waals surface area contributed by atoms with Gasteiger partial charge in [-0.1, -0.05) is 27.2 Å². The molecule has 0 bridgehead atoms. The molecule has 102 valence electrons. The number of hydrogen-bond acceptors (Lipinski definition) is 3. The molecule has 0 saturated carbocycles. The van der Waals surface area contributed by atoms with Gasteiger partial charge in [-0.15, -0.1) is 0 Å². The third-order valence-corrected chi connectivity index (χ3v) is 3.35. The largest absolute Gasteiger partial charge is 0.480 e. The Morgan fingerprint density at radius 2 is 2.00 bits per heavy atom. The van der Waals surface area contributed by atoms with Crippen molar-refractivity contribution in [1.82, 2.24) is 5.32 Å². The van der Waals surface area contributed by atoms with E-state index >= 15 is 0 Å². The maximum Gasteiger partial charge on any atom is 0.323 e. The molecule has 17 heavy (non-hydrogen) atoms. The lowest BCUT2D eigenvalue weighted by Crippen LogP contribution is -2.56. The van der Waals surface area contributed by atoms with Crippen molar-refractivity contribution in [3.8, 4) is 0 Å². The Morgan fingerprint density at radius 1 is 1.41 bits per heavy atom. The molecule has 3 atom stereocenters. The van der Waals surface area contributed by atoms with Gasteiger partial charge in [-0.2, -0.15) is 0 Å². The second kappa shape index (κ2) is 7.67. The van der Waals surface area contributed by atoms with E-state index in [2.05, 4.69) is 19.2 Å². The lowest BCUT2D eigenvalue weighted by atomic mass is 9.84. The Bertz CT molecular complexity index is 233. The number of carboxylic acid groups (broad SMARTS) is 1. The molecule has 0 aromatic heterocycles. The molecule has 0 spiro atoms. The van der Waals surface area contributed by atoms with E-state index in [4.69, 9.17) is 4.74 Å². The van der Waals surface area contributed by atoms with Gasteiger partial charge in [0.25, 0.3) is 0 Å². The van der Waals surface area contributed by atoms with E-state index in [1.165, 1.54) is 0 Å². The van der Waals surface area contributed by atoms with Crippen molar-refractivity contribution in [3.63, 3.8) is 0 Å². The molecule has 4 heteroatoms. The molecule has 0 amide bonds. The number of methoxy groups -OCH3 is 1. The number of rotatable bonds is 9. The first-order chi connectivity index (χ1) is 7.91. The minimum Gasteiger partial charge on any atom is -0.480 e. The minimum absolute atomic E-state index is 0.0418. The zero-order valence-electron chi connectivity index (χ0n) is 11.7. The van der Waals surface area contributed by atoms with Crippen molar-refractivity contribution in [2.24, 2.45) is 5.92 Å². The number of hydrogen-bond donors (Lipinski definition) is 2. The van der Waals surface area contributed by atoms with E-state index in [1.807, 2.05) is 13.8 Å². The maximum absolute atomic E-state index is 11.5. The van der Waals surface area contributed by atoms with Crippen LogP contribution in [0, 0.1) is 5.92 Å². The first-order valence-corrected chi connectivity index (χ1v) is 6.41. The first kappa shape index (κ1) is 16.4. The number of carboxylic acids is 1. The molecule has 4 nitrogen and oxygen atoms in total. The van der Waals surface area contributed by atoms with Crippen molar-refractivity contribution in [2.45, 2.75) is 58.5 Å². The van der Waals surface area contributed by atoms with Crippen LogP contribution in [0.25, 0.3) is 0 Å². The number of ether oxygens (including phenoxy) is 1. The smallest absolute Gasteiger partial charge is 0.323 e. The van der Waals surface area contributed by atoms with Crippen LogP contribution in [0.1, 0.15) is 47.0 Å². The normalized spacial score (nSPS) is 18.4. The SMILES string of the molecule is CCC(C)CC(CC)(NC(C)COC)C(=O)O. The van der Waals surface area contributed by atoms with Crippen molar-refractivity contribution >= 4 is 5.97 Å². The van der Waals surface area contributed by atoms with Gasteiger partial charge in [0.2, 0.25) is 0 Å². The third kappa shape index (κ3) is 5.04. The van der Waals surface area contributed by atoms with Crippen molar-refractivity contribution in [3.05, 3.63) is 0 Å². The summed E-state index contributed by atoms with van der Waals surface area (Å²) < 4.78 is 5.05. The van der Waals surface area contributed by atoms with Crippen LogP contribution < -0.4 is 5.32 Å². The van der Waals surface area contributed by atoms with Gasteiger partial charge < -0.3 is 9.84 Å². The summed E-state index contributed by atoms with van der Waals surface area (Å²) in [5.74, 6) is -0.364. The fourth-order valence-corrected chi connectivity index (χ4v) is 2.11. The van der Waals surface area contributed by atoms with Crippen LogP contribution in [0.15, 0.2) is 0 Å². The Morgan fingerprint density at radius 3 is 2.35 bits per heavy atom. The Hall–Kier alpha value is -0.610. The van der Waals surface area contributed by atoms with Gasteiger partial charge in [-0.3, -0.25) is 10.1 Å². The molecule has 0 aliphatic carbocycles. The van der Waals surface area contributed by atoms with Gasteiger partial charge in [0.15, 0.2) is 0 Å². The molecule has 0 aliphatic rings. The van der Waals surface area contributed by atoms with E-state index in [0.29, 0.717) is 25.4 Å². The average molecular weight is 245 g/mol. The zero-order chi connectivity index (χ0) is 13.5. The molecule has 0 aromatic carbocycles. The van der Waals surface area contributed by atoms with E-state index in [1.54, 1.807) is 7.11 Å². The number of aliphatic carboxylic acids is 1. The quantitative estimate of drug-likeness (QED) is 0.654. The standard InChI is InChI=1S/C13H27NO3/c1-6-10(3)8-13(7-2,12(15)16)14-11(4)9-17-5/h10-11,14H,6-9H2,1-5H3,(H,15,16). The lowest BCUT2D eigenvalue weighted by molar-refractivity contribution is -0.146. The monoisotopic (exact) mass is 245 g/mol. The van der Waals surface area contributed by atoms with Crippen molar-refractivity contribution in [2.75, 3.05) is 13.7 Å². The van der Waals surface area contributed by atoms with E-state index in [-0.39, 0.29) is 6.04 Å². The fourth-order valence-electron chi connectivity index (χ4n) is 2.11. The number of carbonyl (C=O) groups is 1. The summed E-state index contributed by atoms with van der Waals surface area (Å²) in [6, 6.07) is 0.0418. The highest BCUT2D eigenvalue weighted by atomic mass is 16.5. The van der Waals surface area contributed by atoms with E-state index < -0.39 is 11.5 Å². The molecular weight excluding hydrogens is 218 g/mol. The maximum atomic E-state index is 11.5. The molecule has 0 aliphatic heterocycles. The summed E-state index contributed by atoms with van der Waals surface area (Å²) in [5.41, 5.74) is -0.826. The van der Waals surface area contributed by atoms with E-state index in [9.17, 15) is 9.90 Å². The van der Waals surface area contributed by atoms with Crippen LogP contribution in [-0.2, 0) is 9.53 Å². The predicted molar refractivity (Wildman–Crippen MR) is 69.2 cm³/mol. The molecule has 0 radical (unpaired) electrons. The summed E-state index contributed by atoms with van der Waals surface area (Å²) in [4.78, 5) is 11.5. The van der Waals surface area contributed by atoms with Crippen LogP contribution in [0.4, 0.5) is 0 Å². The Kier molecular flexibility index (Phi) is 7.39. The highest BCUT2D eigenvalue weighted by Crippen LogP contribution is 2.24. The first-order valence-electron chi connectivity index (χ1n) is 6.41. The fraction of sp³-hybridized carbons (Fsp3) is 0.923. The summed E-state index contributed by atoms with van der Waals surface area (Å²) in [7, 11) is 1.63. The van der Waals surface area contributed by atoms with Crippen LogP contribution in [0.2, 0.25) is 0 Å². The Labute approximate surface area is 105 Å². The lowest BCUT2D eigenvalue weighted by Gasteiger charge is -2.34. The van der Waals surface area contributed by atoms with Crippen LogP contribution >= 0.6 is 0 Å². The molecule has 0 heterocycles. The molecule has 0 rings (SSSR count). The highest BCUT2D eigenvalue weighted by molar-refractivity contribution is 5.78. The van der Waals surface area contributed by atoms with Gasteiger partial charge in [-0.25, -0.2) is 0 Å². The zero-order valence-corrected chi connectivity index (χ0v) is 11.7. The molecule has 0 fully saturated rings. The molecule has 3 unspecified atom stereocenters. The molecule has 2 N–H and O–H groups in total. The molecular formula is C13H27NO3. The van der Waals surface area contributed by atoms with Crippen LogP contribution in [0.3, 0.4) is 0 Å². The Balaban J connectivity index is 4.76. The minimum atomic E-state index is -0.826. The highest BCUT2D eigenvalue weighted by Gasteiger charge is 2.38. The predicted octanol–water partition coefficient (Wildman–Crippen LogP) is 2.28. The molecule has 0 saturated heterocycles. The van der Waals surface area contributed by atoms with Crippen molar-refractivity contribution < 1.29 is 14.6 Å². The van der Waals surface area contributed by atoms with Crippen LogP contribution in [-0.4, -0.2) is 36.4 Å². The van der Waals surface area contributed by atoms with Gasteiger partial charge in [0.05, 0.1) is 6.61 Å². The van der Waals surface area contributed by atoms with Gasteiger partial charge in [-0.05, 0) is 25.7 Å². The number of nitrogens with one attached hydrogen (secondary N) is 1. The second-order valence-corrected chi connectivity index (χ2v) is 4.96. The van der Waals surface area contributed by atoms with Gasteiger partial charge in [0.1, 0.15) is 5.54 Å². The topological polar surface area (TPSA) is 58.6 Å². The third-order valence-electron chi connectivity index (χ3n) is 3.35. The average Bonchev–Trinajstić information content (AvgIpc) is 2.27. The van der Waals surface area contributed by atoms with E-state index in [0.717, 1.165) is 6.42 Å². The van der Waals surface area contributed by atoms with Gasteiger partial charge in [0, 0.05) is 13.2 Å². The summed E-state index contributed by atoms with van der Waals surface area (Å²) in [6.45, 7) is 8.58. The van der Waals surface area contributed by atoms with Crippen LogP contribution in [0.5, 0.6) is 0 Å². The molecule has 0 aromatic rings. The summed E-state index contributed by atoms with van der Waals surface area (Å²) >= 11 is 0. The summed E-state index contributed by atoms with van der Waals surface area (Å²) in [6.07, 6.45) is 2.24. The van der Waals surface area contributed by atoms with Gasteiger partial charge >= 0.3 is 5.97 Å².